The SMILES string of the molecule is C=CCC(C)C=C(C)CN1CCC(F)(CNC(=O)c2cc(Cl)cc(Cl)c2)CC1. The van der Waals surface area contributed by atoms with Gasteiger partial charge in [-0.1, -0.05) is 47.9 Å². The normalized spacial score (nSPS) is 18.5. The summed E-state index contributed by atoms with van der Waals surface area (Å²) in [6, 6.07) is 4.61. The van der Waals surface area contributed by atoms with Crippen molar-refractivity contribution in [2.75, 3.05) is 26.2 Å². The molecule has 1 atom stereocenters. The summed E-state index contributed by atoms with van der Waals surface area (Å²) in [4.78, 5) is 14.5. The number of carbonyl (C=O) groups excluding carboxylic acids is 1. The van der Waals surface area contributed by atoms with E-state index < -0.39 is 5.67 Å². The van der Waals surface area contributed by atoms with Gasteiger partial charge in [0.2, 0.25) is 0 Å². The maximum Gasteiger partial charge on any atom is 0.251 e. The van der Waals surface area contributed by atoms with Gasteiger partial charge in [-0.05, 0) is 50.3 Å². The summed E-state index contributed by atoms with van der Waals surface area (Å²) in [5, 5.41) is 3.45. The lowest BCUT2D eigenvalue weighted by Crippen LogP contribution is -2.48. The number of amides is 1. The van der Waals surface area contributed by atoms with Gasteiger partial charge in [-0.15, -0.1) is 6.58 Å². The molecule has 6 heteroatoms. The Labute approximate surface area is 177 Å². The standard InChI is InChI=1S/C22H29Cl2FN2O/c1-4-5-16(2)10-17(3)14-27-8-6-22(25,7-9-27)15-26-21(28)18-11-19(23)13-20(24)12-18/h4,10-13,16H,1,5-9,14-15H2,2-3H3,(H,26,28). The molecule has 1 aromatic rings. The zero-order valence-electron chi connectivity index (χ0n) is 16.6. The molecule has 1 N–H and O–H groups in total. The lowest BCUT2D eigenvalue weighted by Gasteiger charge is -2.36. The summed E-state index contributed by atoms with van der Waals surface area (Å²) in [5.74, 6) is 0.108. The zero-order valence-corrected chi connectivity index (χ0v) is 18.1. The largest absolute Gasteiger partial charge is 0.349 e. The second-order valence-corrected chi connectivity index (χ2v) is 8.66. The minimum atomic E-state index is -1.39. The number of likely N-dealkylation sites (tertiary alicyclic amines) is 1. The number of allylic oxidation sites excluding steroid dienone is 2. The van der Waals surface area contributed by atoms with E-state index >= 15 is 4.39 Å². The molecule has 1 heterocycles. The Hall–Kier alpha value is -1.36. The van der Waals surface area contributed by atoms with E-state index in [-0.39, 0.29) is 12.5 Å². The van der Waals surface area contributed by atoms with Crippen molar-refractivity contribution in [2.45, 2.75) is 38.8 Å². The van der Waals surface area contributed by atoms with Crippen LogP contribution in [0.25, 0.3) is 0 Å². The van der Waals surface area contributed by atoms with Crippen molar-refractivity contribution < 1.29 is 9.18 Å². The molecule has 3 nitrogen and oxygen atoms in total. The van der Waals surface area contributed by atoms with Gasteiger partial charge in [0.05, 0.1) is 6.54 Å². The minimum Gasteiger partial charge on any atom is -0.349 e. The Balaban J connectivity index is 1.82. The summed E-state index contributed by atoms with van der Waals surface area (Å²) >= 11 is 11.8. The predicted molar refractivity (Wildman–Crippen MR) is 116 cm³/mol. The molecule has 1 fully saturated rings. The molecule has 0 bridgehead atoms. The van der Waals surface area contributed by atoms with Crippen LogP contribution in [0.3, 0.4) is 0 Å². The molecule has 1 saturated heterocycles. The molecular weight excluding hydrogens is 398 g/mol. The summed E-state index contributed by atoms with van der Waals surface area (Å²) in [7, 11) is 0. The van der Waals surface area contributed by atoms with Crippen LogP contribution in [0, 0.1) is 5.92 Å². The zero-order chi connectivity index (χ0) is 20.7. The number of halogens is 3. The summed E-state index contributed by atoms with van der Waals surface area (Å²) < 4.78 is 15.1. The number of alkyl halides is 1. The van der Waals surface area contributed by atoms with E-state index in [1.54, 1.807) is 6.07 Å². The Morgan fingerprint density at radius 2 is 1.93 bits per heavy atom. The third kappa shape index (κ3) is 7.23. The van der Waals surface area contributed by atoms with Gasteiger partial charge < -0.3 is 5.32 Å². The third-order valence-electron chi connectivity index (χ3n) is 5.02. The van der Waals surface area contributed by atoms with Gasteiger partial charge in [0.15, 0.2) is 0 Å². The number of hydrogen-bond acceptors (Lipinski definition) is 2. The van der Waals surface area contributed by atoms with Gasteiger partial charge in [0.25, 0.3) is 5.91 Å². The van der Waals surface area contributed by atoms with Crippen molar-refractivity contribution >= 4 is 29.1 Å². The molecule has 0 radical (unpaired) electrons. The number of carbonyl (C=O) groups is 1. The topological polar surface area (TPSA) is 32.3 Å². The van der Waals surface area contributed by atoms with E-state index in [1.807, 2.05) is 6.08 Å². The number of nitrogens with one attached hydrogen (secondary N) is 1. The summed E-state index contributed by atoms with van der Waals surface area (Å²) in [6.07, 6.45) is 5.95. The lowest BCUT2D eigenvalue weighted by atomic mass is 9.92. The Morgan fingerprint density at radius 1 is 1.32 bits per heavy atom. The molecule has 0 aromatic heterocycles. The van der Waals surface area contributed by atoms with Gasteiger partial charge in [0, 0.05) is 35.2 Å². The molecule has 1 aliphatic rings. The molecular formula is C22H29Cl2FN2O. The van der Waals surface area contributed by atoms with Crippen molar-refractivity contribution in [2.24, 2.45) is 5.92 Å². The quantitative estimate of drug-likeness (QED) is 0.541. The molecule has 0 saturated carbocycles. The highest BCUT2D eigenvalue weighted by molar-refractivity contribution is 6.35. The molecule has 154 valence electrons. The second kappa shape index (κ2) is 10.4. The number of rotatable bonds is 8. The van der Waals surface area contributed by atoms with Crippen LogP contribution in [0.15, 0.2) is 42.5 Å². The summed E-state index contributed by atoms with van der Waals surface area (Å²) in [5.41, 5.74) is 0.252. The fourth-order valence-electron chi connectivity index (χ4n) is 3.54. The van der Waals surface area contributed by atoms with Crippen LogP contribution in [-0.2, 0) is 0 Å². The third-order valence-corrected chi connectivity index (χ3v) is 5.46. The van der Waals surface area contributed by atoms with Crippen LogP contribution < -0.4 is 5.32 Å². The summed E-state index contributed by atoms with van der Waals surface area (Å²) in [6.45, 7) is 10.3. The molecule has 0 aliphatic carbocycles. The van der Waals surface area contributed by atoms with Crippen LogP contribution in [0.4, 0.5) is 4.39 Å². The average molecular weight is 427 g/mol. The van der Waals surface area contributed by atoms with Gasteiger partial charge in [-0.2, -0.15) is 0 Å². The van der Waals surface area contributed by atoms with Crippen molar-refractivity contribution in [3.05, 3.63) is 58.1 Å². The van der Waals surface area contributed by atoms with Crippen LogP contribution in [-0.4, -0.2) is 42.7 Å². The maximum atomic E-state index is 15.1. The maximum absolute atomic E-state index is 15.1. The number of benzene rings is 1. The fraction of sp³-hybridized carbons (Fsp3) is 0.500. The smallest absolute Gasteiger partial charge is 0.251 e. The van der Waals surface area contributed by atoms with Crippen molar-refractivity contribution in [1.29, 1.82) is 0 Å². The van der Waals surface area contributed by atoms with E-state index in [2.05, 4.69) is 36.7 Å². The number of hydrogen-bond donors (Lipinski definition) is 1. The number of piperidine rings is 1. The highest BCUT2D eigenvalue weighted by Crippen LogP contribution is 2.27. The average Bonchev–Trinajstić information content (AvgIpc) is 2.61. The van der Waals surface area contributed by atoms with Gasteiger partial charge in [-0.3, -0.25) is 9.69 Å². The van der Waals surface area contributed by atoms with Crippen molar-refractivity contribution in [3.63, 3.8) is 0 Å². The lowest BCUT2D eigenvalue weighted by molar-refractivity contribution is 0.0576. The Bertz CT molecular complexity index is 707. The molecule has 1 unspecified atom stereocenters. The van der Waals surface area contributed by atoms with Crippen molar-refractivity contribution in [1.82, 2.24) is 10.2 Å². The Morgan fingerprint density at radius 3 is 2.50 bits per heavy atom. The highest BCUT2D eigenvalue weighted by Gasteiger charge is 2.34. The first kappa shape index (κ1) is 22.9. The monoisotopic (exact) mass is 426 g/mol. The van der Waals surface area contributed by atoms with Gasteiger partial charge in [-0.25, -0.2) is 4.39 Å². The van der Waals surface area contributed by atoms with E-state index in [9.17, 15) is 4.79 Å². The molecule has 0 spiro atoms. The fourth-order valence-corrected chi connectivity index (χ4v) is 4.06. The first-order chi connectivity index (χ1) is 13.2. The molecule has 28 heavy (non-hydrogen) atoms. The van der Waals surface area contributed by atoms with Gasteiger partial charge >= 0.3 is 0 Å². The highest BCUT2D eigenvalue weighted by atomic mass is 35.5. The first-order valence-electron chi connectivity index (χ1n) is 9.64. The van der Waals surface area contributed by atoms with Crippen molar-refractivity contribution in [3.8, 4) is 0 Å². The van der Waals surface area contributed by atoms with E-state index in [4.69, 9.17) is 23.2 Å². The van der Waals surface area contributed by atoms with Crippen LogP contribution in [0.5, 0.6) is 0 Å². The van der Waals surface area contributed by atoms with E-state index in [0.29, 0.717) is 47.5 Å². The molecule has 1 aromatic carbocycles. The Kier molecular flexibility index (Phi) is 8.54. The minimum absolute atomic E-state index is 0.00496. The van der Waals surface area contributed by atoms with Crippen LogP contribution in [0.2, 0.25) is 10.0 Å². The number of nitrogens with zero attached hydrogens (tertiary/aromatic N) is 1. The van der Waals surface area contributed by atoms with Crippen LogP contribution in [0.1, 0.15) is 43.5 Å². The van der Waals surface area contributed by atoms with Gasteiger partial charge in [0.1, 0.15) is 5.67 Å². The predicted octanol–water partition coefficient (Wildman–Crippen LogP) is 5.69. The van der Waals surface area contributed by atoms with Crippen LogP contribution >= 0.6 is 23.2 Å². The molecule has 1 amide bonds. The van der Waals surface area contributed by atoms with E-state index in [1.165, 1.54) is 17.7 Å². The van der Waals surface area contributed by atoms with E-state index in [0.717, 1.165) is 13.0 Å². The second-order valence-electron chi connectivity index (χ2n) is 7.78. The molecule has 1 aliphatic heterocycles. The molecule has 2 rings (SSSR count). The first-order valence-corrected chi connectivity index (χ1v) is 10.4.